The number of amides is 2. The van der Waals surface area contributed by atoms with Crippen LogP contribution in [0.15, 0.2) is 142 Å². The van der Waals surface area contributed by atoms with Crippen LogP contribution in [0, 0.1) is 0 Å². The summed E-state index contributed by atoms with van der Waals surface area (Å²) in [6.07, 6.45) is 7.65. The number of anilines is 4. The Morgan fingerprint density at radius 3 is 1.38 bits per heavy atom. The number of hydrogen-bond donors (Lipinski definition) is 4. The van der Waals surface area contributed by atoms with Crippen molar-refractivity contribution in [3.05, 3.63) is 133 Å². The number of nitrogens with one attached hydrogen (secondary N) is 4. The van der Waals surface area contributed by atoms with E-state index >= 15 is 0 Å². The largest absolute Gasteiger partial charge is 0.421 e. The Kier molecular flexibility index (Phi) is 13.6. The summed E-state index contributed by atoms with van der Waals surface area (Å²) in [5.41, 5.74) is 5.23. The molecule has 16 heteroatoms. The topological polar surface area (TPSA) is 149 Å². The lowest BCUT2D eigenvalue weighted by molar-refractivity contribution is -0.657. The van der Waals surface area contributed by atoms with E-state index in [0.717, 1.165) is 22.9 Å². The molecule has 4 N–H and O–H groups in total. The molecule has 286 valence electrons. The Labute approximate surface area is 333 Å². The highest BCUT2D eigenvalue weighted by Crippen LogP contribution is 2.32. The number of aromatic nitrogens is 4. The zero-order valence-corrected chi connectivity index (χ0v) is 33.2. The zero-order valence-electron chi connectivity index (χ0n) is 31.6. The standard InChI is InChI=1S/C40H42N12O2S2/c1-49-21-22-50(2)39(49)47-45-35-27-31(43-37(53)29-11-7-5-8-12-29)15-17-33(35)41-19-25-55-56-26-20-42-34-18-16-32(44-38(54)30-13-9-6-10-14-30)28-36(34)46-48-40-51(3)23-24-52(40)4/h5-18,21-24,27-28H,19-20,25-26H2,1-4H3,(H2,43,44,45,46,53,54)/p+2. The first-order valence-electron chi connectivity index (χ1n) is 17.8. The summed E-state index contributed by atoms with van der Waals surface area (Å²) in [4.78, 5) is 25.7. The summed E-state index contributed by atoms with van der Waals surface area (Å²) in [6.45, 7) is 1.39. The highest BCUT2D eigenvalue weighted by molar-refractivity contribution is 8.76. The van der Waals surface area contributed by atoms with Crippen LogP contribution in [-0.2, 0) is 28.2 Å². The first-order chi connectivity index (χ1) is 27.2. The van der Waals surface area contributed by atoms with E-state index in [1.54, 1.807) is 45.9 Å². The number of carbonyl (C=O) groups excluding carboxylic acids is 2. The van der Waals surface area contributed by atoms with Crippen molar-refractivity contribution in [3.8, 4) is 0 Å². The fourth-order valence-electron chi connectivity index (χ4n) is 5.49. The molecule has 0 fully saturated rings. The van der Waals surface area contributed by atoms with Crippen molar-refractivity contribution < 1.29 is 18.7 Å². The summed E-state index contributed by atoms with van der Waals surface area (Å²) < 4.78 is 7.55. The van der Waals surface area contributed by atoms with Gasteiger partial charge in [0, 0.05) is 57.3 Å². The highest BCUT2D eigenvalue weighted by Gasteiger charge is 2.15. The van der Waals surface area contributed by atoms with E-state index in [9.17, 15) is 9.59 Å². The number of hydrogen-bond acceptors (Lipinski definition) is 10. The smallest absolute Gasteiger partial charge is 0.382 e. The SMILES string of the molecule is Cn1cc[n+](C)c1N=Nc1cc(NC(=O)c2ccccc2)ccc1NCCSSCCNc1ccc(NC(=O)c2ccccc2)cc1N=Nc1n(C)cc[n+]1C. The lowest BCUT2D eigenvalue weighted by Crippen LogP contribution is -2.25. The maximum Gasteiger partial charge on any atom is 0.421 e. The van der Waals surface area contributed by atoms with Crippen LogP contribution < -0.4 is 30.4 Å². The van der Waals surface area contributed by atoms with Gasteiger partial charge in [0.05, 0.1) is 64.4 Å². The number of imidazole rings is 2. The zero-order chi connectivity index (χ0) is 39.3. The van der Waals surface area contributed by atoms with Gasteiger partial charge in [-0.3, -0.25) is 9.59 Å². The van der Waals surface area contributed by atoms with E-state index in [2.05, 4.69) is 41.7 Å². The molecule has 2 heterocycles. The monoisotopic (exact) mass is 788 g/mol. The van der Waals surface area contributed by atoms with E-state index in [0.29, 0.717) is 58.9 Å². The van der Waals surface area contributed by atoms with Crippen LogP contribution in [0.5, 0.6) is 0 Å². The van der Waals surface area contributed by atoms with E-state index in [1.807, 2.05) is 144 Å². The van der Waals surface area contributed by atoms with Crippen LogP contribution in [0.3, 0.4) is 0 Å². The third-order valence-corrected chi connectivity index (χ3v) is 10.9. The van der Waals surface area contributed by atoms with E-state index < -0.39 is 0 Å². The van der Waals surface area contributed by atoms with Gasteiger partial charge in [0.25, 0.3) is 11.8 Å². The van der Waals surface area contributed by atoms with Gasteiger partial charge in [0.2, 0.25) is 0 Å². The van der Waals surface area contributed by atoms with Crippen LogP contribution in [0.2, 0.25) is 0 Å². The minimum Gasteiger partial charge on any atom is -0.382 e. The lowest BCUT2D eigenvalue weighted by atomic mass is 10.2. The van der Waals surface area contributed by atoms with Crippen molar-refractivity contribution in [1.82, 2.24) is 9.13 Å². The quantitative estimate of drug-likeness (QED) is 0.0317. The lowest BCUT2D eigenvalue weighted by Gasteiger charge is -2.12. The molecule has 0 aliphatic rings. The summed E-state index contributed by atoms with van der Waals surface area (Å²) >= 11 is 0. The van der Waals surface area contributed by atoms with E-state index in [4.69, 9.17) is 0 Å². The summed E-state index contributed by atoms with van der Waals surface area (Å²) in [5, 5.41) is 31.0. The van der Waals surface area contributed by atoms with Gasteiger partial charge in [-0.15, -0.1) is 0 Å². The molecule has 56 heavy (non-hydrogen) atoms. The Balaban J connectivity index is 1.03. The maximum absolute atomic E-state index is 12.8. The predicted octanol–water partition coefficient (Wildman–Crippen LogP) is 8.25. The molecule has 0 aliphatic heterocycles. The number of aryl methyl sites for hydroxylation is 4. The predicted molar refractivity (Wildman–Crippen MR) is 225 cm³/mol. The second-order valence-corrected chi connectivity index (χ2v) is 15.3. The van der Waals surface area contributed by atoms with Gasteiger partial charge >= 0.3 is 11.9 Å². The maximum atomic E-state index is 12.8. The van der Waals surface area contributed by atoms with Gasteiger partial charge in [-0.2, -0.15) is 0 Å². The van der Waals surface area contributed by atoms with E-state index in [-0.39, 0.29) is 11.8 Å². The van der Waals surface area contributed by atoms with Crippen molar-refractivity contribution in [2.75, 3.05) is 45.9 Å². The molecule has 0 saturated carbocycles. The molecule has 0 bridgehead atoms. The third-order valence-electron chi connectivity index (χ3n) is 8.45. The number of rotatable bonds is 17. The molecule has 0 radical (unpaired) electrons. The normalized spacial score (nSPS) is 11.3. The van der Waals surface area contributed by atoms with Crippen molar-refractivity contribution in [2.45, 2.75) is 0 Å². The van der Waals surface area contributed by atoms with Gasteiger partial charge in [-0.25, -0.2) is 18.3 Å². The summed E-state index contributed by atoms with van der Waals surface area (Å²) in [5.74, 6) is 2.64. The molecule has 0 spiro atoms. The molecule has 4 aromatic carbocycles. The average Bonchev–Trinajstić information content (AvgIpc) is 3.72. The molecule has 6 rings (SSSR count). The Morgan fingerprint density at radius 1 is 0.589 bits per heavy atom. The molecule has 0 unspecified atom stereocenters. The molecule has 0 atom stereocenters. The van der Waals surface area contributed by atoms with Crippen molar-refractivity contribution >= 4 is 79.4 Å². The minimum atomic E-state index is -0.197. The Hall–Kier alpha value is -6.26. The first kappa shape index (κ1) is 39.4. The molecule has 2 aromatic heterocycles. The average molecular weight is 789 g/mol. The van der Waals surface area contributed by atoms with Crippen molar-refractivity contribution in [3.63, 3.8) is 0 Å². The van der Waals surface area contributed by atoms with Crippen LogP contribution in [0.1, 0.15) is 20.7 Å². The van der Waals surface area contributed by atoms with Gasteiger partial charge in [0.1, 0.15) is 11.4 Å². The molecule has 0 aliphatic carbocycles. The number of azo groups is 2. The molecule has 6 aromatic rings. The van der Waals surface area contributed by atoms with Crippen LogP contribution in [0.25, 0.3) is 0 Å². The second-order valence-electron chi connectivity index (χ2n) is 12.6. The summed E-state index contributed by atoms with van der Waals surface area (Å²) in [6, 6.07) is 29.4. The van der Waals surface area contributed by atoms with Crippen LogP contribution in [-0.4, -0.2) is 45.5 Å². The minimum absolute atomic E-state index is 0.197. The van der Waals surface area contributed by atoms with Gasteiger partial charge < -0.3 is 21.3 Å². The number of nitrogens with zero attached hydrogens (tertiary/aromatic N) is 8. The molecule has 0 saturated heterocycles. The number of benzene rings is 4. The number of carbonyl (C=O) groups is 2. The Bertz CT molecular complexity index is 2120. The van der Waals surface area contributed by atoms with Crippen LogP contribution in [0.4, 0.5) is 46.0 Å². The first-order valence-corrected chi connectivity index (χ1v) is 20.3. The second kappa shape index (κ2) is 19.4. The molecular weight excluding hydrogens is 745 g/mol. The van der Waals surface area contributed by atoms with Gasteiger partial charge in [-0.05, 0) is 60.7 Å². The summed E-state index contributed by atoms with van der Waals surface area (Å²) in [7, 11) is 11.2. The highest BCUT2D eigenvalue weighted by atomic mass is 33.1. The van der Waals surface area contributed by atoms with Gasteiger partial charge in [0.15, 0.2) is 0 Å². The third kappa shape index (κ3) is 10.7. The van der Waals surface area contributed by atoms with Crippen LogP contribution >= 0.6 is 21.6 Å². The molecular formula is C40H44N12O2S2+2. The fourth-order valence-corrected chi connectivity index (χ4v) is 7.30. The van der Waals surface area contributed by atoms with Crippen molar-refractivity contribution in [1.29, 1.82) is 0 Å². The molecule has 2 amide bonds. The fraction of sp³-hybridized carbons (Fsp3) is 0.200. The van der Waals surface area contributed by atoms with Gasteiger partial charge in [-0.1, -0.05) is 68.2 Å². The van der Waals surface area contributed by atoms with E-state index in [1.165, 1.54) is 0 Å². The Morgan fingerprint density at radius 2 is 1.00 bits per heavy atom. The van der Waals surface area contributed by atoms with Crippen molar-refractivity contribution in [2.24, 2.45) is 48.6 Å². The molecule has 14 nitrogen and oxygen atoms in total.